The summed E-state index contributed by atoms with van der Waals surface area (Å²) in [6, 6.07) is 6.19. The first-order valence-electron chi connectivity index (χ1n) is 4.94. The number of hydrogen-bond donors (Lipinski definition) is 1. The number of nitrogens with one attached hydrogen (secondary N) is 1. The maximum atomic E-state index is 13.1. The molecule has 1 amide bonds. The Morgan fingerprint density at radius 3 is 2.67 bits per heavy atom. The summed E-state index contributed by atoms with van der Waals surface area (Å²) in [4.78, 5) is 15.0. The summed E-state index contributed by atoms with van der Waals surface area (Å²) >= 11 is 5.51. The molecule has 0 saturated heterocycles. The molecular weight excluding hydrogens is 262 g/mol. The van der Waals surface area contributed by atoms with Crippen molar-refractivity contribution in [2.24, 2.45) is 0 Å². The fourth-order valence-electron chi connectivity index (χ4n) is 1.32. The van der Waals surface area contributed by atoms with Crippen LogP contribution in [-0.4, -0.2) is 10.9 Å². The second kappa shape index (κ2) is 5.10. The Morgan fingerprint density at radius 1 is 1.22 bits per heavy atom. The number of carbonyl (C=O) groups excluding carboxylic acids is 1. The van der Waals surface area contributed by atoms with Crippen molar-refractivity contribution in [3.05, 3.63) is 58.9 Å². The van der Waals surface area contributed by atoms with Gasteiger partial charge >= 0.3 is 0 Å². The van der Waals surface area contributed by atoms with Crippen LogP contribution in [0.4, 0.5) is 14.5 Å². The van der Waals surface area contributed by atoms with E-state index in [9.17, 15) is 13.6 Å². The Bertz CT molecular complexity index is 604. The van der Waals surface area contributed by atoms with Crippen molar-refractivity contribution >= 4 is 23.2 Å². The molecule has 0 aliphatic heterocycles. The maximum Gasteiger partial charge on any atom is 0.255 e. The highest BCUT2D eigenvalue weighted by Gasteiger charge is 2.08. The van der Waals surface area contributed by atoms with E-state index >= 15 is 0 Å². The number of pyridine rings is 1. The summed E-state index contributed by atoms with van der Waals surface area (Å²) in [6.07, 6.45) is 1.17. The van der Waals surface area contributed by atoms with Gasteiger partial charge in [0.25, 0.3) is 5.91 Å². The van der Waals surface area contributed by atoms with Crippen molar-refractivity contribution in [1.82, 2.24) is 4.98 Å². The van der Waals surface area contributed by atoms with Gasteiger partial charge in [0.15, 0.2) is 0 Å². The summed E-state index contributed by atoms with van der Waals surface area (Å²) in [5.41, 5.74) is 0.331. The molecule has 18 heavy (non-hydrogen) atoms. The number of benzene rings is 1. The van der Waals surface area contributed by atoms with E-state index in [4.69, 9.17) is 11.6 Å². The molecule has 0 fully saturated rings. The molecule has 1 heterocycles. The Balaban J connectivity index is 2.18. The average molecular weight is 269 g/mol. The molecule has 6 heteroatoms. The van der Waals surface area contributed by atoms with E-state index in [1.54, 1.807) is 0 Å². The lowest BCUT2D eigenvalue weighted by atomic mass is 10.2. The number of anilines is 1. The highest BCUT2D eigenvalue weighted by atomic mass is 35.5. The van der Waals surface area contributed by atoms with Crippen molar-refractivity contribution in [3.63, 3.8) is 0 Å². The zero-order valence-corrected chi connectivity index (χ0v) is 9.71. The van der Waals surface area contributed by atoms with E-state index in [1.807, 2.05) is 0 Å². The van der Waals surface area contributed by atoms with Crippen LogP contribution >= 0.6 is 11.6 Å². The van der Waals surface area contributed by atoms with Crippen LogP contribution in [0.1, 0.15) is 10.4 Å². The number of aromatic nitrogens is 1. The van der Waals surface area contributed by atoms with Gasteiger partial charge in [0.2, 0.25) is 5.95 Å². The van der Waals surface area contributed by atoms with Gasteiger partial charge in [-0.2, -0.15) is 4.39 Å². The van der Waals surface area contributed by atoms with Gasteiger partial charge in [0.05, 0.1) is 5.02 Å². The minimum atomic E-state index is -0.759. The highest BCUT2D eigenvalue weighted by molar-refractivity contribution is 6.30. The average Bonchev–Trinajstić information content (AvgIpc) is 2.34. The molecule has 1 aromatic heterocycles. The smallest absolute Gasteiger partial charge is 0.255 e. The summed E-state index contributed by atoms with van der Waals surface area (Å²) in [5.74, 6) is -1.96. The molecule has 2 rings (SSSR count). The summed E-state index contributed by atoms with van der Waals surface area (Å²) in [7, 11) is 0. The predicted octanol–water partition coefficient (Wildman–Crippen LogP) is 3.27. The van der Waals surface area contributed by atoms with E-state index < -0.39 is 17.7 Å². The molecule has 0 saturated carbocycles. The minimum Gasteiger partial charge on any atom is -0.322 e. The molecule has 0 bridgehead atoms. The van der Waals surface area contributed by atoms with Gasteiger partial charge in [-0.1, -0.05) is 11.6 Å². The lowest BCUT2D eigenvalue weighted by Crippen LogP contribution is -2.12. The van der Waals surface area contributed by atoms with Crippen molar-refractivity contribution in [1.29, 1.82) is 0 Å². The second-order valence-electron chi connectivity index (χ2n) is 3.45. The normalized spacial score (nSPS) is 10.2. The van der Waals surface area contributed by atoms with Crippen LogP contribution in [0.3, 0.4) is 0 Å². The molecule has 3 nitrogen and oxygen atoms in total. The molecule has 92 valence electrons. The van der Waals surface area contributed by atoms with Gasteiger partial charge in [0.1, 0.15) is 5.82 Å². The quantitative estimate of drug-likeness (QED) is 0.850. The number of carbonyl (C=O) groups is 1. The lowest BCUT2D eigenvalue weighted by molar-refractivity contribution is 0.102. The molecule has 1 N–H and O–H groups in total. The number of amides is 1. The number of rotatable bonds is 2. The van der Waals surface area contributed by atoms with E-state index in [1.165, 1.54) is 24.4 Å². The number of halogens is 3. The lowest BCUT2D eigenvalue weighted by Gasteiger charge is -2.05. The molecule has 2 aromatic rings. The Hall–Kier alpha value is -2.01. The summed E-state index contributed by atoms with van der Waals surface area (Å²) in [6.45, 7) is 0. The molecule has 0 radical (unpaired) electrons. The molecule has 0 atom stereocenters. The van der Waals surface area contributed by atoms with Gasteiger partial charge in [-0.25, -0.2) is 9.37 Å². The topological polar surface area (TPSA) is 42.0 Å². The van der Waals surface area contributed by atoms with Crippen LogP contribution in [0.25, 0.3) is 0 Å². The molecule has 0 aliphatic rings. The predicted molar refractivity (Wildman–Crippen MR) is 63.6 cm³/mol. The van der Waals surface area contributed by atoms with Crippen LogP contribution in [0.15, 0.2) is 36.5 Å². The summed E-state index contributed by atoms with van der Waals surface area (Å²) < 4.78 is 26.0. The third-order valence-corrected chi connectivity index (χ3v) is 2.47. The highest BCUT2D eigenvalue weighted by Crippen LogP contribution is 2.19. The zero-order valence-electron chi connectivity index (χ0n) is 8.95. The standard InChI is InChI=1S/C12H7ClF2N2O/c13-9-2-1-8(6-10(9)14)17-12(18)7-3-4-16-11(15)5-7/h1-6H,(H,17,18). The fraction of sp³-hybridized carbons (Fsp3) is 0. The van der Waals surface area contributed by atoms with Gasteiger partial charge < -0.3 is 5.32 Å². The number of hydrogen-bond acceptors (Lipinski definition) is 2. The van der Waals surface area contributed by atoms with Gasteiger partial charge in [0, 0.05) is 23.5 Å². The SMILES string of the molecule is O=C(Nc1ccc(Cl)c(F)c1)c1ccnc(F)c1. The Morgan fingerprint density at radius 2 is 2.00 bits per heavy atom. The van der Waals surface area contributed by atoms with Crippen LogP contribution in [0.5, 0.6) is 0 Å². The van der Waals surface area contributed by atoms with Gasteiger partial charge in [-0.15, -0.1) is 0 Å². The molecular formula is C12H7ClF2N2O. The van der Waals surface area contributed by atoms with Crippen LogP contribution in [0, 0.1) is 11.8 Å². The third kappa shape index (κ3) is 2.81. The number of nitrogens with zero attached hydrogens (tertiary/aromatic N) is 1. The monoisotopic (exact) mass is 268 g/mol. The minimum absolute atomic E-state index is 0.0389. The van der Waals surface area contributed by atoms with E-state index in [2.05, 4.69) is 10.3 Å². The van der Waals surface area contributed by atoms with Crippen LogP contribution in [-0.2, 0) is 0 Å². The van der Waals surface area contributed by atoms with Crippen molar-refractivity contribution in [2.75, 3.05) is 5.32 Å². The first-order valence-corrected chi connectivity index (χ1v) is 5.32. The maximum absolute atomic E-state index is 13.1. The molecule has 0 unspecified atom stereocenters. The van der Waals surface area contributed by atoms with Crippen molar-refractivity contribution in [2.45, 2.75) is 0 Å². The first-order chi connectivity index (χ1) is 8.56. The van der Waals surface area contributed by atoms with Crippen LogP contribution in [0.2, 0.25) is 5.02 Å². The molecule has 1 aromatic carbocycles. The molecule has 0 aliphatic carbocycles. The van der Waals surface area contributed by atoms with E-state index in [0.717, 1.165) is 12.1 Å². The van der Waals surface area contributed by atoms with Crippen molar-refractivity contribution < 1.29 is 13.6 Å². The van der Waals surface area contributed by atoms with Gasteiger partial charge in [-0.05, 0) is 24.3 Å². The Kier molecular flexibility index (Phi) is 3.53. The largest absolute Gasteiger partial charge is 0.322 e. The second-order valence-corrected chi connectivity index (χ2v) is 3.86. The van der Waals surface area contributed by atoms with Crippen LogP contribution < -0.4 is 5.32 Å². The van der Waals surface area contributed by atoms with E-state index in [0.29, 0.717) is 0 Å². The van der Waals surface area contributed by atoms with Crippen molar-refractivity contribution in [3.8, 4) is 0 Å². The first kappa shape index (κ1) is 12.4. The Labute approximate surface area is 106 Å². The summed E-state index contributed by atoms with van der Waals surface area (Å²) in [5, 5.41) is 2.38. The van der Waals surface area contributed by atoms with E-state index in [-0.39, 0.29) is 16.3 Å². The third-order valence-electron chi connectivity index (χ3n) is 2.17. The van der Waals surface area contributed by atoms with Gasteiger partial charge in [-0.3, -0.25) is 4.79 Å². The zero-order chi connectivity index (χ0) is 13.1. The fourth-order valence-corrected chi connectivity index (χ4v) is 1.44. The molecule has 0 spiro atoms.